The number of ether oxygens (including phenoxy) is 4. The van der Waals surface area contributed by atoms with E-state index in [2.05, 4.69) is 15.6 Å². The van der Waals surface area contributed by atoms with Crippen LogP contribution in [0.25, 0.3) is 10.9 Å². The van der Waals surface area contributed by atoms with Gasteiger partial charge < -0.3 is 44.3 Å². The number of amides is 5. The van der Waals surface area contributed by atoms with Crippen LogP contribution in [0.15, 0.2) is 24.3 Å². The average molecular weight is 807 g/mol. The highest BCUT2D eigenvalue weighted by Crippen LogP contribution is 2.28. The van der Waals surface area contributed by atoms with E-state index in [1.54, 1.807) is 26.8 Å². The largest absolute Gasteiger partial charge is 0.483 e. The molecular weight excluding hydrogens is 748 g/mol. The Hall–Kier alpha value is -4.99. The second-order valence-electron chi connectivity index (χ2n) is 15.7. The summed E-state index contributed by atoms with van der Waals surface area (Å²) in [6.07, 6.45) is 7.95. The Morgan fingerprint density at radius 2 is 1.71 bits per heavy atom. The zero-order valence-electron chi connectivity index (χ0n) is 33.8. The second kappa shape index (κ2) is 20.6. The molecule has 3 aliphatic heterocycles. The number of carbonyl (C=O) groups is 6. The van der Waals surface area contributed by atoms with Crippen LogP contribution in [0.2, 0.25) is 0 Å². The van der Waals surface area contributed by atoms with Gasteiger partial charge in [0, 0.05) is 63.2 Å². The molecule has 3 saturated heterocycles. The van der Waals surface area contributed by atoms with E-state index < -0.39 is 36.0 Å². The minimum Gasteiger partial charge on any atom is -0.483 e. The van der Waals surface area contributed by atoms with Crippen LogP contribution in [0.1, 0.15) is 100 Å². The van der Waals surface area contributed by atoms with E-state index >= 15 is 0 Å². The summed E-state index contributed by atoms with van der Waals surface area (Å²) in [5.74, 6) is -1.82. The zero-order chi connectivity index (χ0) is 41.0. The van der Waals surface area contributed by atoms with Crippen molar-refractivity contribution in [2.45, 2.75) is 115 Å². The van der Waals surface area contributed by atoms with E-state index in [0.717, 1.165) is 56.9 Å². The highest BCUT2D eigenvalue weighted by Gasteiger charge is 2.36. The molecule has 4 heterocycles. The SMILES string of the molecule is CCCCOC(=O)N1CCN(C(=O)[C@H](CCC(=O)OCC2CCCCO2)NC(=O)c2cc(OCC(=O)N3CCC[C@H]3C(=O)NC3CCC3)c3ccc(C)cc3n2)CC1. The first-order valence-corrected chi connectivity index (χ1v) is 21.0. The first kappa shape index (κ1) is 42.6. The van der Waals surface area contributed by atoms with Crippen LogP contribution in [-0.2, 0) is 33.4 Å². The van der Waals surface area contributed by atoms with Crippen molar-refractivity contribution in [3.63, 3.8) is 0 Å². The molecule has 4 aliphatic rings. The number of esters is 1. The molecule has 0 radical (unpaired) electrons. The molecule has 1 saturated carbocycles. The van der Waals surface area contributed by atoms with Crippen molar-refractivity contribution in [2.24, 2.45) is 0 Å². The molecule has 1 aliphatic carbocycles. The number of likely N-dealkylation sites (tertiary alicyclic amines) is 1. The van der Waals surface area contributed by atoms with Gasteiger partial charge in [0.2, 0.25) is 11.8 Å². The molecule has 4 fully saturated rings. The van der Waals surface area contributed by atoms with Crippen molar-refractivity contribution < 1.29 is 47.7 Å². The van der Waals surface area contributed by atoms with Crippen molar-refractivity contribution in [3.8, 4) is 5.75 Å². The Morgan fingerprint density at radius 3 is 2.43 bits per heavy atom. The molecule has 3 atom stereocenters. The van der Waals surface area contributed by atoms with E-state index in [9.17, 15) is 28.8 Å². The van der Waals surface area contributed by atoms with Crippen molar-refractivity contribution in [1.29, 1.82) is 0 Å². The number of aromatic nitrogens is 1. The average Bonchev–Trinajstić information content (AvgIpc) is 3.72. The molecule has 2 aromatic rings. The number of unbranched alkanes of at least 4 members (excludes halogenated alkanes) is 1. The quantitative estimate of drug-likeness (QED) is 0.186. The van der Waals surface area contributed by atoms with Crippen LogP contribution in [0, 0.1) is 6.92 Å². The number of rotatable bonds is 16. The number of pyridine rings is 1. The third-order valence-electron chi connectivity index (χ3n) is 11.4. The number of piperazine rings is 1. The highest BCUT2D eigenvalue weighted by atomic mass is 16.6. The molecule has 1 unspecified atom stereocenters. The molecular formula is C42H58N6O10. The molecule has 16 nitrogen and oxygen atoms in total. The Labute approximate surface area is 339 Å². The van der Waals surface area contributed by atoms with E-state index in [1.165, 1.54) is 6.07 Å². The summed E-state index contributed by atoms with van der Waals surface area (Å²) in [5, 5.41) is 6.45. The Balaban J connectivity index is 1.14. The van der Waals surface area contributed by atoms with Gasteiger partial charge in [0.25, 0.3) is 11.8 Å². The monoisotopic (exact) mass is 806 g/mol. The molecule has 1 aromatic heterocycles. The fourth-order valence-corrected chi connectivity index (χ4v) is 7.63. The lowest BCUT2D eigenvalue weighted by Crippen LogP contribution is -2.56. The fraction of sp³-hybridized carbons (Fsp3) is 0.643. The Morgan fingerprint density at radius 1 is 0.914 bits per heavy atom. The predicted molar refractivity (Wildman–Crippen MR) is 212 cm³/mol. The lowest BCUT2D eigenvalue weighted by molar-refractivity contribution is -0.149. The second-order valence-corrected chi connectivity index (χ2v) is 15.7. The summed E-state index contributed by atoms with van der Waals surface area (Å²) in [7, 11) is 0. The maximum Gasteiger partial charge on any atom is 0.409 e. The van der Waals surface area contributed by atoms with Gasteiger partial charge in [-0.1, -0.05) is 19.4 Å². The number of benzene rings is 1. The first-order chi connectivity index (χ1) is 28.1. The van der Waals surface area contributed by atoms with Crippen molar-refractivity contribution in [3.05, 3.63) is 35.5 Å². The lowest BCUT2D eigenvalue weighted by atomic mass is 9.93. The summed E-state index contributed by atoms with van der Waals surface area (Å²) in [4.78, 5) is 89.3. The minimum atomic E-state index is -1.12. The number of nitrogens with zero attached hydrogens (tertiary/aromatic N) is 4. The summed E-state index contributed by atoms with van der Waals surface area (Å²) in [6.45, 7) is 6.02. The Bertz CT molecular complexity index is 1790. The zero-order valence-corrected chi connectivity index (χ0v) is 33.8. The third-order valence-corrected chi connectivity index (χ3v) is 11.4. The minimum absolute atomic E-state index is 0.0376. The third kappa shape index (κ3) is 11.4. The van der Waals surface area contributed by atoms with Gasteiger partial charge in [0.15, 0.2) is 6.61 Å². The molecule has 5 amide bonds. The number of fused-ring (bicyclic) bond motifs is 1. The van der Waals surface area contributed by atoms with Crippen molar-refractivity contribution in [1.82, 2.24) is 30.3 Å². The van der Waals surface area contributed by atoms with Crippen LogP contribution in [-0.4, -0.2) is 139 Å². The number of aryl methyl sites for hydroxylation is 1. The van der Waals surface area contributed by atoms with Crippen molar-refractivity contribution in [2.75, 3.05) is 59.2 Å². The van der Waals surface area contributed by atoms with Gasteiger partial charge in [0.05, 0.1) is 18.2 Å². The van der Waals surface area contributed by atoms with Gasteiger partial charge in [-0.15, -0.1) is 0 Å². The number of hydrogen-bond acceptors (Lipinski definition) is 11. The number of nitrogens with one attached hydrogen (secondary N) is 2. The Kier molecular flexibility index (Phi) is 15.2. The van der Waals surface area contributed by atoms with E-state index in [4.69, 9.17) is 18.9 Å². The van der Waals surface area contributed by atoms with Gasteiger partial charge >= 0.3 is 12.1 Å². The van der Waals surface area contributed by atoms with Gasteiger partial charge in [-0.3, -0.25) is 24.0 Å². The first-order valence-electron chi connectivity index (χ1n) is 21.0. The van der Waals surface area contributed by atoms with Crippen LogP contribution in [0.5, 0.6) is 5.75 Å². The van der Waals surface area contributed by atoms with Crippen LogP contribution in [0.3, 0.4) is 0 Å². The maximum absolute atomic E-state index is 14.0. The number of hydrogen-bond donors (Lipinski definition) is 2. The van der Waals surface area contributed by atoms with Gasteiger partial charge in [-0.05, 0) is 88.8 Å². The lowest BCUT2D eigenvalue weighted by Gasteiger charge is -2.36. The molecule has 2 N–H and O–H groups in total. The van der Waals surface area contributed by atoms with Gasteiger partial charge in [-0.2, -0.15) is 0 Å². The summed E-state index contributed by atoms with van der Waals surface area (Å²) in [5.41, 5.74) is 1.29. The molecule has 0 spiro atoms. The van der Waals surface area contributed by atoms with Gasteiger partial charge in [-0.25, -0.2) is 9.78 Å². The smallest absolute Gasteiger partial charge is 0.409 e. The molecule has 0 bridgehead atoms. The van der Waals surface area contributed by atoms with E-state index in [0.29, 0.717) is 43.5 Å². The summed E-state index contributed by atoms with van der Waals surface area (Å²) in [6, 6.07) is 5.41. The molecule has 316 valence electrons. The molecule has 58 heavy (non-hydrogen) atoms. The summed E-state index contributed by atoms with van der Waals surface area (Å²) < 4.78 is 22.6. The standard InChI is InChI=1S/C42H58N6O10/c1-3-4-22-56-42(54)47-20-18-46(19-21-47)41(53)32(15-16-38(50)58-26-30-11-5-6-23-55-30)45-39(51)34-25-36(31-14-13-28(2)24-33(31)44-34)57-27-37(49)48-17-8-12-35(48)40(52)43-29-9-7-10-29/h13-14,24-25,29-30,32,35H,3-12,15-23,26-27H2,1-2H3,(H,43,52)(H,45,51)/t30?,32-,35-/m0/s1. The van der Waals surface area contributed by atoms with Crippen molar-refractivity contribution >= 4 is 46.6 Å². The normalized spacial score (nSPS) is 20.2. The fourth-order valence-electron chi connectivity index (χ4n) is 7.63. The highest BCUT2D eigenvalue weighted by molar-refractivity contribution is 5.99. The number of carbonyl (C=O) groups excluding carboxylic acids is 6. The molecule has 1 aromatic carbocycles. The molecule has 6 rings (SSSR count). The van der Waals surface area contributed by atoms with Gasteiger partial charge in [0.1, 0.15) is 30.1 Å². The van der Waals surface area contributed by atoms with Crippen LogP contribution >= 0.6 is 0 Å². The molecule has 16 heteroatoms. The van der Waals surface area contributed by atoms with E-state index in [-0.39, 0.29) is 87.6 Å². The summed E-state index contributed by atoms with van der Waals surface area (Å²) >= 11 is 0. The maximum atomic E-state index is 14.0. The predicted octanol–water partition coefficient (Wildman–Crippen LogP) is 3.65. The van der Waals surface area contributed by atoms with Crippen LogP contribution in [0.4, 0.5) is 4.79 Å². The topological polar surface area (TPSA) is 186 Å². The van der Waals surface area contributed by atoms with E-state index in [1.807, 2.05) is 19.9 Å². The van der Waals surface area contributed by atoms with Crippen LogP contribution < -0.4 is 15.4 Å².